The molecule has 0 aliphatic heterocycles. The Morgan fingerprint density at radius 1 is 1.56 bits per heavy atom. The van der Waals surface area contributed by atoms with Crippen LogP contribution in [0.5, 0.6) is 5.75 Å². The van der Waals surface area contributed by atoms with Crippen molar-refractivity contribution >= 4 is 5.78 Å². The first-order valence-corrected chi connectivity index (χ1v) is 5.76. The standard InChI is InChI=1S/C12H20N2O2/c1-5-6-7-10(15)12-11(16-4)8-13-14(12)9(2)3/h8-9H,5-7H2,1-4H3. The zero-order valence-corrected chi connectivity index (χ0v) is 10.5. The number of Topliss-reactive ketones (excluding diaryl/α,β-unsaturated/α-hetero) is 1. The average Bonchev–Trinajstić information content (AvgIpc) is 2.69. The number of aromatic nitrogens is 2. The third kappa shape index (κ3) is 2.62. The third-order valence-electron chi connectivity index (χ3n) is 2.49. The summed E-state index contributed by atoms with van der Waals surface area (Å²) in [4.78, 5) is 12.0. The smallest absolute Gasteiger partial charge is 0.184 e. The van der Waals surface area contributed by atoms with Crippen molar-refractivity contribution in [2.75, 3.05) is 7.11 Å². The van der Waals surface area contributed by atoms with Crippen molar-refractivity contribution in [3.05, 3.63) is 11.9 Å². The van der Waals surface area contributed by atoms with Gasteiger partial charge in [-0.3, -0.25) is 9.48 Å². The van der Waals surface area contributed by atoms with Crippen LogP contribution in [0, 0.1) is 0 Å². The van der Waals surface area contributed by atoms with Crippen LogP contribution < -0.4 is 4.74 Å². The van der Waals surface area contributed by atoms with E-state index in [9.17, 15) is 4.79 Å². The minimum Gasteiger partial charge on any atom is -0.493 e. The molecule has 0 aromatic carbocycles. The Bertz CT molecular complexity index is 356. The topological polar surface area (TPSA) is 44.1 Å². The number of hydrogen-bond acceptors (Lipinski definition) is 3. The van der Waals surface area contributed by atoms with Crippen LogP contribution in [0.25, 0.3) is 0 Å². The number of hydrogen-bond donors (Lipinski definition) is 0. The van der Waals surface area contributed by atoms with Gasteiger partial charge in [0.25, 0.3) is 0 Å². The molecule has 0 fully saturated rings. The molecular formula is C12H20N2O2. The maximum Gasteiger partial charge on any atom is 0.184 e. The molecule has 0 radical (unpaired) electrons. The lowest BCUT2D eigenvalue weighted by Crippen LogP contribution is -2.13. The van der Waals surface area contributed by atoms with Crippen LogP contribution in [0.15, 0.2) is 6.20 Å². The fraction of sp³-hybridized carbons (Fsp3) is 0.667. The van der Waals surface area contributed by atoms with Crippen molar-refractivity contribution in [3.8, 4) is 5.75 Å². The molecule has 0 unspecified atom stereocenters. The summed E-state index contributed by atoms with van der Waals surface area (Å²) in [5.41, 5.74) is 0.603. The minimum atomic E-state index is 0.116. The Labute approximate surface area is 96.6 Å². The van der Waals surface area contributed by atoms with E-state index in [1.54, 1.807) is 18.0 Å². The zero-order valence-electron chi connectivity index (χ0n) is 10.5. The highest BCUT2D eigenvalue weighted by Gasteiger charge is 2.20. The molecule has 0 saturated carbocycles. The summed E-state index contributed by atoms with van der Waals surface area (Å²) in [6, 6.07) is 0.171. The molecule has 1 aromatic rings. The summed E-state index contributed by atoms with van der Waals surface area (Å²) in [6.07, 6.45) is 4.10. The van der Waals surface area contributed by atoms with Gasteiger partial charge in [0.1, 0.15) is 5.69 Å². The van der Waals surface area contributed by atoms with E-state index in [2.05, 4.69) is 12.0 Å². The van der Waals surface area contributed by atoms with E-state index in [1.165, 1.54) is 0 Å². The molecule has 1 aromatic heterocycles. The second-order valence-corrected chi connectivity index (χ2v) is 4.13. The molecule has 4 heteroatoms. The molecule has 4 nitrogen and oxygen atoms in total. The Balaban J connectivity index is 2.98. The van der Waals surface area contributed by atoms with Crippen LogP contribution in [0.3, 0.4) is 0 Å². The van der Waals surface area contributed by atoms with E-state index in [0.29, 0.717) is 17.9 Å². The lowest BCUT2D eigenvalue weighted by Gasteiger charge is -2.10. The maximum absolute atomic E-state index is 12.0. The lowest BCUT2D eigenvalue weighted by molar-refractivity contribution is 0.0964. The number of ether oxygens (including phenoxy) is 1. The number of carbonyl (C=O) groups excluding carboxylic acids is 1. The fourth-order valence-corrected chi connectivity index (χ4v) is 1.61. The van der Waals surface area contributed by atoms with E-state index in [0.717, 1.165) is 12.8 Å². The lowest BCUT2D eigenvalue weighted by atomic mass is 10.1. The highest BCUT2D eigenvalue weighted by atomic mass is 16.5. The number of nitrogens with zero attached hydrogens (tertiary/aromatic N) is 2. The molecule has 0 aliphatic rings. The van der Waals surface area contributed by atoms with Crippen LogP contribution in [0.2, 0.25) is 0 Å². The van der Waals surface area contributed by atoms with E-state index >= 15 is 0 Å². The maximum atomic E-state index is 12.0. The highest BCUT2D eigenvalue weighted by molar-refractivity contribution is 5.97. The van der Waals surface area contributed by atoms with Crippen molar-refractivity contribution in [3.63, 3.8) is 0 Å². The quantitative estimate of drug-likeness (QED) is 0.698. The number of ketones is 1. The van der Waals surface area contributed by atoms with Gasteiger partial charge in [-0.1, -0.05) is 13.3 Å². The molecule has 16 heavy (non-hydrogen) atoms. The second kappa shape index (κ2) is 5.68. The fourth-order valence-electron chi connectivity index (χ4n) is 1.61. The molecule has 0 spiro atoms. The monoisotopic (exact) mass is 224 g/mol. The van der Waals surface area contributed by atoms with E-state index in [1.807, 2.05) is 13.8 Å². The predicted molar refractivity (Wildman–Crippen MR) is 63.0 cm³/mol. The van der Waals surface area contributed by atoms with Crippen LogP contribution >= 0.6 is 0 Å². The Hall–Kier alpha value is -1.32. The van der Waals surface area contributed by atoms with Gasteiger partial charge in [-0.25, -0.2) is 0 Å². The van der Waals surface area contributed by atoms with Crippen molar-refractivity contribution in [2.24, 2.45) is 0 Å². The number of unbranched alkanes of at least 4 members (excludes halogenated alkanes) is 1. The molecule has 0 N–H and O–H groups in total. The van der Waals surface area contributed by atoms with Gasteiger partial charge in [0.15, 0.2) is 11.5 Å². The van der Waals surface area contributed by atoms with Crippen LogP contribution in [0.1, 0.15) is 56.6 Å². The van der Waals surface area contributed by atoms with Crippen molar-refractivity contribution in [1.82, 2.24) is 9.78 Å². The summed E-state index contributed by atoms with van der Waals surface area (Å²) in [5.74, 6) is 0.694. The van der Waals surface area contributed by atoms with Crippen LogP contribution in [0.4, 0.5) is 0 Å². The summed E-state index contributed by atoms with van der Waals surface area (Å²) in [7, 11) is 1.57. The van der Waals surface area contributed by atoms with E-state index < -0.39 is 0 Å². The van der Waals surface area contributed by atoms with Gasteiger partial charge in [-0.15, -0.1) is 0 Å². The Kier molecular flexibility index (Phi) is 4.52. The SMILES string of the molecule is CCCCC(=O)c1c(OC)cnn1C(C)C. The first kappa shape index (κ1) is 12.7. The first-order valence-electron chi connectivity index (χ1n) is 5.76. The van der Waals surface area contributed by atoms with Gasteiger partial charge in [0.2, 0.25) is 0 Å². The van der Waals surface area contributed by atoms with Crippen molar-refractivity contribution in [2.45, 2.75) is 46.1 Å². The first-order chi connectivity index (χ1) is 7.61. The van der Waals surface area contributed by atoms with Gasteiger partial charge in [0.05, 0.1) is 13.3 Å². The van der Waals surface area contributed by atoms with Gasteiger partial charge in [0, 0.05) is 12.5 Å². The third-order valence-corrected chi connectivity index (χ3v) is 2.49. The number of rotatable bonds is 6. The summed E-state index contributed by atoms with van der Waals surface area (Å²) < 4.78 is 6.91. The molecule has 1 rings (SSSR count). The highest BCUT2D eigenvalue weighted by Crippen LogP contribution is 2.23. The van der Waals surface area contributed by atoms with Crippen LogP contribution in [-0.4, -0.2) is 22.7 Å². The van der Waals surface area contributed by atoms with Crippen LogP contribution in [-0.2, 0) is 0 Å². The predicted octanol–water partition coefficient (Wildman–Crippen LogP) is 2.85. The number of carbonyl (C=O) groups is 1. The Morgan fingerprint density at radius 3 is 2.75 bits per heavy atom. The largest absolute Gasteiger partial charge is 0.493 e. The molecule has 0 amide bonds. The summed E-state index contributed by atoms with van der Waals surface area (Å²) in [6.45, 7) is 6.08. The number of methoxy groups -OCH3 is 1. The Morgan fingerprint density at radius 2 is 2.25 bits per heavy atom. The minimum absolute atomic E-state index is 0.116. The molecule has 0 aliphatic carbocycles. The zero-order chi connectivity index (χ0) is 12.1. The molecule has 0 saturated heterocycles. The van der Waals surface area contributed by atoms with Gasteiger partial charge in [-0.05, 0) is 20.3 Å². The summed E-state index contributed by atoms with van der Waals surface area (Å²) in [5, 5.41) is 4.19. The normalized spacial score (nSPS) is 10.8. The molecule has 0 atom stereocenters. The summed E-state index contributed by atoms with van der Waals surface area (Å²) >= 11 is 0. The molecule has 1 heterocycles. The van der Waals surface area contributed by atoms with Gasteiger partial charge in [-0.2, -0.15) is 5.10 Å². The molecular weight excluding hydrogens is 204 g/mol. The van der Waals surface area contributed by atoms with Gasteiger partial charge < -0.3 is 4.74 Å². The van der Waals surface area contributed by atoms with Crippen molar-refractivity contribution < 1.29 is 9.53 Å². The average molecular weight is 224 g/mol. The van der Waals surface area contributed by atoms with Crippen molar-refractivity contribution in [1.29, 1.82) is 0 Å². The van der Waals surface area contributed by atoms with Gasteiger partial charge >= 0.3 is 0 Å². The van der Waals surface area contributed by atoms with E-state index in [4.69, 9.17) is 4.74 Å². The molecule has 90 valence electrons. The molecule has 0 bridgehead atoms. The second-order valence-electron chi connectivity index (χ2n) is 4.13. The van der Waals surface area contributed by atoms with E-state index in [-0.39, 0.29) is 11.8 Å².